The van der Waals surface area contributed by atoms with Crippen molar-refractivity contribution in [2.75, 3.05) is 33.9 Å². The summed E-state index contributed by atoms with van der Waals surface area (Å²) < 4.78 is 10.6. The molecule has 0 radical (unpaired) electrons. The first-order valence-electron chi connectivity index (χ1n) is 6.76. The minimum absolute atomic E-state index is 0.261. The Labute approximate surface area is 110 Å². The van der Waals surface area contributed by atoms with E-state index in [9.17, 15) is 0 Å². The number of amidine groups is 1. The highest BCUT2D eigenvalue weighted by atomic mass is 16.5. The topological polar surface area (TPSA) is 71.6 Å². The largest absolute Gasteiger partial charge is 0.388 e. The fraction of sp³-hybridized carbons (Fsp3) is 0.923. The van der Waals surface area contributed by atoms with Crippen molar-refractivity contribution in [3.8, 4) is 0 Å². The van der Waals surface area contributed by atoms with Gasteiger partial charge >= 0.3 is 0 Å². The number of hydrogen-bond donors (Lipinski definition) is 2. The van der Waals surface area contributed by atoms with Crippen molar-refractivity contribution < 1.29 is 9.47 Å². The van der Waals surface area contributed by atoms with Gasteiger partial charge in [0.1, 0.15) is 0 Å². The van der Waals surface area contributed by atoms with E-state index in [2.05, 4.69) is 4.90 Å². The summed E-state index contributed by atoms with van der Waals surface area (Å²) in [4.78, 5) is 2.40. The van der Waals surface area contributed by atoms with Gasteiger partial charge in [0.15, 0.2) is 0 Å². The van der Waals surface area contributed by atoms with Gasteiger partial charge < -0.3 is 15.2 Å². The van der Waals surface area contributed by atoms with Gasteiger partial charge in [0.05, 0.1) is 18.5 Å². The van der Waals surface area contributed by atoms with Crippen LogP contribution >= 0.6 is 0 Å². The predicted molar refractivity (Wildman–Crippen MR) is 73.0 cm³/mol. The van der Waals surface area contributed by atoms with E-state index in [0.717, 1.165) is 32.5 Å². The van der Waals surface area contributed by atoms with Gasteiger partial charge in [-0.2, -0.15) is 0 Å². The number of ether oxygens (including phenoxy) is 2. The normalized spacial score (nSPS) is 24.4. The Morgan fingerprint density at radius 2 is 2.11 bits per heavy atom. The van der Waals surface area contributed by atoms with Gasteiger partial charge in [-0.1, -0.05) is 0 Å². The molecule has 0 spiro atoms. The minimum atomic E-state index is 0.261. The summed E-state index contributed by atoms with van der Waals surface area (Å²) >= 11 is 0. The van der Waals surface area contributed by atoms with Crippen LogP contribution in [-0.4, -0.2) is 56.8 Å². The molecule has 1 aliphatic carbocycles. The zero-order chi connectivity index (χ0) is 13.4. The highest BCUT2D eigenvalue weighted by Crippen LogP contribution is 2.24. The molecule has 0 saturated heterocycles. The number of nitrogens with zero attached hydrogens (tertiary/aromatic N) is 1. The van der Waals surface area contributed by atoms with Crippen LogP contribution in [0.1, 0.15) is 32.1 Å². The quantitative estimate of drug-likeness (QED) is 0.506. The lowest BCUT2D eigenvalue weighted by Gasteiger charge is -2.37. The molecule has 5 heteroatoms. The molecule has 0 aliphatic heterocycles. The highest BCUT2D eigenvalue weighted by Gasteiger charge is 2.26. The summed E-state index contributed by atoms with van der Waals surface area (Å²) in [6.45, 7) is 2.48. The van der Waals surface area contributed by atoms with Crippen molar-refractivity contribution in [3.63, 3.8) is 0 Å². The van der Waals surface area contributed by atoms with E-state index in [4.69, 9.17) is 20.6 Å². The molecule has 1 aliphatic rings. The molecule has 5 nitrogen and oxygen atoms in total. The van der Waals surface area contributed by atoms with Crippen molar-refractivity contribution in [3.05, 3.63) is 0 Å². The SMILES string of the molecule is COCCN(CCC(=N)N)C1CCCC(OC)C1. The Morgan fingerprint density at radius 3 is 2.72 bits per heavy atom. The Morgan fingerprint density at radius 1 is 1.33 bits per heavy atom. The molecule has 2 atom stereocenters. The molecule has 18 heavy (non-hydrogen) atoms. The monoisotopic (exact) mass is 257 g/mol. The van der Waals surface area contributed by atoms with Crippen molar-refractivity contribution in [2.24, 2.45) is 5.73 Å². The van der Waals surface area contributed by atoms with Crippen LogP contribution in [0.15, 0.2) is 0 Å². The van der Waals surface area contributed by atoms with Crippen LogP contribution in [0.2, 0.25) is 0 Å². The van der Waals surface area contributed by atoms with Crippen LogP contribution in [0.3, 0.4) is 0 Å². The molecule has 1 rings (SSSR count). The summed E-state index contributed by atoms with van der Waals surface area (Å²) in [6, 6.07) is 0.540. The second kappa shape index (κ2) is 8.45. The van der Waals surface area contributed by atoms with E-state index >= 15 is 0 Å². The first-order valence-corrected chi connectivity index (χ1v) is 6.76. The first kappa shape index (κ1) is 15.4. The predicted octanol–water partition coefficient (Wildman–Crippen LogP) is 1.22. The van der Waals surface area contributed by atoms with Gasteiger partial charge in [-0.15, -0.1) is 0 Å². The van der Waals surface area contributed by atoms with Crippen LogP contribution in [0, 0.1) is 5.41 Å². The van der Waals surface area contributed by atoms with Gasteiger partial charge in [0, 0.05) is 39.8 Å². The number of methoxy groups -OCH3 is 2. The molecule has 2 unspecified atom stereocenters. The number of nitrogens with two attached hydrogens (primary N) is 1. The Balaban J connectivity index is 2.48. The zero-order valence-corrected chi connectivity index (χ0v) is 11.7. The molecule has 0 aromatic carbocycles. The van der Waals surface area contributed by atoms with Crippen molar-refractivity contribution in [1.29, 1.82) is 5.41 Å². The molecule has 1 saturated carbocycles. The smallest absolute Gasteiger partial charge is 0.0918 e. The molecular weight excluding hydrogens is 230 g/mol. The maximum absolute atomic E-state index is 7.35. The summed E-state index contributed by atoms with van der Waals surface area (Å²) in [7, 11) is 3.52. The second-order valence-corrected chi connectivity index (χ2v) is 4.98. The van der Waals surface area contributed by atoms with Gasteiger partial charge in [0.2, 0.25) is 0 Å². The maximum atomic E-state index is 7.35. The number of hydrogen-bond acceptors (Lipinski definition) is 4. The fourth-order valence-electron chi connectivity index (χ4n) is 2.62. The summed E-state index contributed by atoms with van der Waals surface area (Å²) in [5.74, 6) is 0.261. The maximum Gasteiger partial charge on any atom is 0.0918 e. The molecule has 1 fully saturated rings. The van der Waals surface area contributed by atoms with Crippen LogP contribution in [0.25, 0.3) is 0 Å². The van der Waals surface area contributed by atoms with Crippen LogP contribution < -0.4 is 5.73 Å². The zero-order valence-electron chi connectivity index (χ0n) is 11.7. The highest BCUT2D eigenvalue weighted by molar-refractivity contribution is 5.76. The molecule has 3 N–H and O–H groups in total. The van der Waals surface area contributed by atoms with Crippen molar-refractivity contribution in [2.45, 2.75) is 44.2 Å². The van der Waals surface area contributed by atoms with Gasteiger partial charge in [-0.3, -0.25) is 10.3 Å². The summed E-state index contributed by atoms with van der Waals surface area (Å²) in [5, 5.41) is 7.35. The van der Waals surface area contributed by atoms with Crippen LogP contribution in [0.4, 0.5) is 0 Å². The molecule has 0 aromatic rings. The average molecular weight is 257 g/mol. The minimum Gasteiger partial charge on any atom is -0.388 e. The first-order chi connectivity index (χ1) is 8.67. The van der Waals surface area contributed by atoms with Crippen LogP contribution in [-0.2, 0) is 9.47 Å². The Hall–Kier alpha value is -0.650. The van der Waals surface area contributed by atoms with E-state index in [1.54, 1.807) is 14.2 Å². The fourth-order valence-corrected chi connectivity index (χ4v) is 2.62. The third-order valence-corrected chi connectivity index (χ3v) is 3.70. The third-order valence-electron chi connectivity index (χ3n) is 3.70. The van der Waals surface area contributed by atoms with E-state index in [-0.39, 0.29) is 5.84 Å². The van der Waals surface area contributed by atoms with Gasteiger partial charge in [0.25, 0.3) is 0 Å². The third kappa shape index (κ3) is 5.33. The van der Waals surface area contributed by atoms with Crippen molar-refractivity contribution in [1.82, 2.24) is 4.90 Å². The van der Waals surface area contributed by atoms with E-state index < -0.39 is 0 Å². The van der Waals surface area contributed by atoms with E-state index in [0.29, 0.717) is 18.6 Å². The van der Waals surface area contributed by atoms with Gasteiger partial charge in [-0.25, -0.2) is 0 Å². The van der Waals surface area contributed by atoms with E-state index in [1.165, 1.54) is 12.8 Å². The summed E-state index contributed by atoms with van der Waals surface area (Å²) in [5.41, 5.74) is 5.45. The number of nitrogens with one attached hydrogen (secondary N) is 1. The lowest BCUT2D eigenvalue weighted by atomic mass is 9.91. The Kier molecular flexibility index (Phi) is 7.23. The van der Waals surface area contributed by atoms with Gasteiger partial charge in [-0.05, 0) is 25.7 Å². The average Bonchev–Trinajstić information content (AvgIpc) is 2.38. The molecule has 0 bridgehead atoms. The lowest BCUT2D eigenvalue weighted by molar-refractivity contribution is 0.0215. The molecule has 0 aromatic heterocycles. The molecule has 0 heterocycles. The van der Waals surface area contributed by atoms with E-state index in [1.807, 2.05) is 0 Å². The van der Waals surface area contributed by atoms with Crippen molar-refractivity contribution >= 4 is 5.84 Å². The summed E-state index contributed by atoms with van der Waals surface area (Å²) in [6.07, 6.45) is 5.69. The molecule has 106 valence electrons. The standard InChI is InChI=1S/C13H27N3O2/c1-17-9-8-16(7-6-13(14)15)11-4-3-5-12(10-11)18-2/h11-12H,3-10H2,1-2H3,(H3,14,15). The number of rotatable bonds is 8. The lowest BCUT2D eigenvalue weighted by Crippen LogP contribution is -2.43. The molecular formula is C13H27N3O2. The Bertz CT molecular complexity index is 248. The molecule has 0 amide bonds. The van der Waals surface area contributed by atoms with Crippen LogP contribution in [0.5, 0.6) is 0 Å². The second-order valence-electron chi connectivity index (χ2n) is 4.98.